The van der Waals surface area contributed by atoms with Crippen LogP contribution in [-0.2, 0) is 0 Å². The summed E-state index contributed by atoms with van der Waals surface area (Å²) in [6.07, 6.45) is 3.55. The molecule has 0 saturated heterocycles. The van der Waals surface area contributed by atoms with Gasteiger partial charge < -0.3 is 15.5 Å². The quantitative estimate of drug-likeness (QED) is 0.744. The Morgan fingerprint density at radius 3 is 2.74 bits per heavy atom. The van der Waals surface area contributed by atoms with Crippen molar-refractivity contribution in [2.24, 2.45) is 11.8 Å². The topological polar surface area (TPSA) is 69.6 Å². The van der Waals surface area contributed by atoms with E-state index in [4.69, 9.17) is 0 Å². The molecule has 1 amide bonds. The van der Waals surface area contributed by atoms with Crippen molar-refractivity contribution in [2.45, 2.75) is 19.3 Å². The first-order valence-electron chi connectivity index (χ1n) is 6.48. The molecule has 1 fully saturated rings. The summed E-state index contributed by atoms with van der Waals surface area (Å²) in [6, 6.07) is 3.99. The molecule has 5 heteroatoms. The van der Waals surface area contributed by atoms with Crippen molar-refractivity contribution in [1.29, 1.82) is 0 Å². The fourth-order valence-corrected chi connectivity index (χ4v) is 3.47. The van der Waals surface area contributed by atoms with E-state index >= 15 is 0 Å². The average molecular weight is 328 g/mol. The van der Waals surface area contributed by atoms with E-state index in [2.05, 4.69) is 21.2 Å². The number of rotatable bonds is 4. The maximum Gasteiger partial charge on any atom is 0.255 e. The molecule has 1 aliphatic rings. The molecule has 2 rings (SSSR count). The molecule has 0 aromatic heterocycles. The number of alkyl halides is 1. The van der Waals surface area contributed by atoms with Crippen LogP contribution in [0.1, 0.15) is 29.6 Å². The summed E-state index contributed by atoms with van der Waals surface area (Å²) in [5, 5.41) is 22.6. The second-order valence-electron chi connectivity index (χ2n) is 5.02. The van der Waals surface area contributed by atoms with Crippen molar-refractivity contribution in [3.8, 4) is 11.5 Å². The normalized spacial score (nSPS) is 22.4. The van der Waals surface area contributed by atoms with Gasteiger partial charge in [-0.15, -0.1) is 0 Å². The lowest BCUT2D eigenvalue weighted by Crippen LogP contribution is -2.31. The number of amides is 1. The van der Waals surface area contributed by atoms with Crippen LogP contribution in [0, 0.1) is 11.8 Å². The molecule has 2 unspecified atom stereocenters. The molecular formula is C14H18BrNO3. The molecule has 2 atom stereocenters. The van der Waals surface area contributed by atoms with Crippen molar-refractivity contribution in [1.82, 2.24) is 5.32 Å². The lowest BCUT2D eigenvalue weighted by Gasteiger charge is -2.18. The van der Waals surface area contributed by atoms with E-state index in [-0.39, 0.29) is 23.0 Å². The highest BCUT2D eigenvalue weighted by Gasteiger charge is 2.26. The number of nitrogens with one attached hydrogen (secondary N) is 1. The number of hydrogen-bond donors (Lipinski definition) is 3. The predicted octanol–water partition coefficient (Wildman–Crippen LogP) is 2.64. The summed E-state index contributed by atoms with van der Waals surface area (Å²) in [4.78, 5) is 12.0. The Morgan fingerprint density at radius 2 is 2.05 bits per heavy atom. The first-order chi connectivity index (χ1) is 9.11. The largest absolute Gasteiger partial charge is 0.508 e. The summed E-state index contributed by atoms with van der Waals surface area (Å²) >= 11 is 3.51. The third kappa shape index (κ3) is 3.41. The minimum atomic E-state index is -0.294. The smallest absolute Gasteiger partial charge is 0.255 e. The minimum Gasteiger partial charge on any atom is -0.508 e. The van der Waals surface area contributed by atoms with Gasteiger partial charge in [0.25, 0.3) is 5.91 Å². The molecule has 0 heterocycles. The summed E-state index contributed by atoms with van der Waals surface area (Å²) in [5.74, 6) is 0.583. The first-order valence-corrected chi connectivity index (χ1v) is 7.60. The summed E-state index contributed by atoms with van der Waals surface area (Å²) < 4.78 is 0. The highest BCUT2D eigenvalue weighted by atomic mass is 79.9. The molecule has 0 aliphatic heterocycles. The van der Waals surface area contributed by atoms with Gasteiger partial charge in [0.2, 0.25) is 0 Å². The van der Waals surface area contributed by atoms with Crippen LogP contribution in [0.4, 0.5) is 0 Å². The third-order valence-corrected chi connectivity index (χ3v) is 4.60. The Labute approximate surface area is 121 Å². The second-order valence-corrected chi connectivity index (χ2v) is 5.66. The Morgan fingerprint density at radius 1 is 1.32 bits per heavy atom. The number of hydrogen-bond acceptors (Lipinski definition) is 3. The molecule has 3 N–H and O–H groups in total. The molecule has 104 valence electrons. The van der Waals surface area contributed by atoms with Gasteiger partial charge in [0.15, 0.2) is 0 Å². The van der Waals surface area contributed by atoms with Gasteiger partial charge in [-0.2, -0.15) is 0 Å². The van der Waals surface area contributed by atoms with Crippen LogP contribution in [0.5, 0.6) is 11.5 Å². The zero-order chi connectivity index (χ0) is 13.8. The summed E-state index contributed by atoms with van der Waals surface area (Å²) in [6.45, 7) is 0.634. The van der Waals surface area contributed by atoms with Gasteiger partial charge in [0.05, 0.1) is 5.56 Å². The zero-order valence-corrected chi connectivity index (χ0v) is 12.2. The molecule has 19 heavy (non-hydrogen) atoms. The van der Waals surface area contributed by atoms with Gasteiger partial charge in [-0.3, -0.25) is 4.79 Å². The van der Waals surface area contributed by atoms with E-state index in [1.165, 1.54) is 31.0 Å². The van der Waals surface area contributed by atoms with Crippen LogP contribution in [0.15, 0.2) is 18.2 Å². The molecular weight excluding hydrogens is 310 g/mol. The summed E-state index contributed by atoms with van der Waals surface area (Å²) in [5.41, 5.74) is 0.200. The van der Waals surface area contributed by atoms with E-state index in [9.17, 15) is 15.0 Å². The second kappa shape index (κ2) is 6.28. The first kappa shape index (κ1) is 14.2. The zero-order valence-electron chi connectivity index (χ0n) is 10.6. The van der Waals surface area contributed by atoms with Crippen molar-refractivity contribution in [3.63, 3.8) is 0 Å². The number of halogens is 1. The van der Waals surface area contributed by atoms with Crippen LogP contribution in [0.3, 0.4) is 0 Å². The maximum atomic E-state index is 12.0. The van der Waals surface area contributed by atoms with Crippen molar-refractivity contribution in [3.05, 3.63) is 23.8 Å². The molecule has 0 bridgehead atoms. The molecule has 1 saturated carbocycles. The van der Waals surface area contributed by atoms with Gasteiger partial charge >= 0.3 is 0 Å². The molecule has 1 aromatic rings. The number of benzene rings is 1. The highest BCUT2D eigenvalue weighted by molar-refractivity contribution is 9.09. The van der Waals surface area contributed by atoms with Crippen molar-refractivity contribution < 1.29 is 15.0 Å². The van der Waals surface area contributed by atoms with Gasteiger partial charge in [0.1, 0.15) is 11.5 Å². The number of phenols is 2. The Hall–Kier alpha value is -1.23. The van der Waals surface area contributed by atoms with Crippen LogP contribution in [0.25, 0.3) is 0 Å². The van der Waals surface area contributed by atoms with E-state index in [0.717, 1.165) is 11.8 Å². The monoisotopic (exact) mass is 327 g/mol. The van der Waals surface area contributed by atoms with Gasteiger partial charge in [-0.25, -0.2) is 0 Å². The van der Waals surface area contributed by atoms with Gasteiger partial charge in [0, 0.05) is 17.9 Å². The highest BCUT2D eigenvalue weighted by Crippen LogP contribution is 2.32. The summed E-state index contributed by atoms with van der Waals surface area (Å²) in [7, 11) is 0. The fourth-order valence-electron chi connectivity index (χ4n) is 2.62. The molecule has 0 spiro atoms. The Balaban J connectivity index is 1.94. The maximum absolute atomic E-state index is 12.0. The Bertz CT molecular complexity index is 464. The number of carbonyl (C=O) groups excluding carboxylic acids is 1. The number of aromatic hydroxyl groups is 2. The lowest BCUT2D eigenvalue weighted by atomic mass is 9.98. The number of phenolic OH excluding ortho intramolecular Hbond substituents is 2. The SMILES string of the molecule is O=C(NCC1CCCC1CBr)c1ccc(O)cc1O. The minimum absolute atomic E-state index is 0.0517. The van der Waals surface area contributed by atoms with Crippen LogP contribution >= 0.6 is 15.9 Å². The van der Waals surface area contributed by atoms with Crippen LogP contribution in [0.2, 0.25) is 0 Å². The van der Waals surface area contributed by atoms with E-state index < -0.39 is 0 Å². The average Bonchev–Trinajstić information content (AvgIpc) is 2.83. The van der Waals surface area contributed by atoms with Crippen molar-refractivity contribution in [2.75, 3.05) is 11.9 Å². The molecule has 1 aliphatic carbocycles. The van der Waals surface area contributed by atoms with Gasteiger partial charge in [-0.1, -0.05) is 22.4 Å². The molecule has 1 aromatic carbocycles. The standard InChI is InChI=1S/C14H18BrNO3/c15-7-9-2-1-3-10(9)8-16-14(19)12-5-4-11(17)6-13(12)18/h4-6,9-10,17-18H,1-3,7-8H2,(H,16,19). The predicted molar refractivity (Wildman–Crippen MR) is 76.7 cm³/mol. The number of carbonyl (C=O) groups is 1. The van der Waals surface area contributed by atoms with Crippen LogP contribution in [-0.4, -0.2) is 28.0 Å². The van der Waals surface area contributed by atoms with Crippen LogP contribution < -0.4 is 5.32 Å². The van der Waals surface area contributed by atoms with E-state index in [1.807, 2.05) is 0 Å². The fraction of sp³-hybridized carbons (Fsp3) is 0.500. The van der Waals surface area contributed by atoms with Crippen molar-refractivity contribution >= 4 is 21.8 Å². The van der Waals surface area contributed by atoms with Gasteiger partial charge in [-0.05, 0) is 36.8 Å². The lowest BCUT2D eigenvalue weighted by molar-refractivity contribution is 0.0942. The molecule has 0 radical (unpaired) electrons. The Kier molecular flexibility index (Phi) is 4.69. The third-order valence-electron chi connectivity index (χ3n) is 3.77. The molecule has 4 nitrogen and oxygen atoms in total. The van der Waals surface area contributed by atoms with E-state index in [0.29, 0.717) is 18.4 Å². The van der Waals surface area contributed by atoms with E-state index in [1.54, 1.807) is 0 Å².